The van der Waals surface area contributed by atoms with E-state index in [9.17, 15) is 9.59 Å². The Bertz CT molecular complexity index is 703. The van der Waals surface area contributed by atoms with Crippen LogP contribution in [-0.2, 0) is 0 Å². The number of amides is 2. The van der Waals surface area contributed by atoms with Crippen LogP contribution in [0.5, 0.6) is 0 Å². The molecule has 94 valence electrons. The van der Waals surface area contributed by atoms with Crippen LogP contribution in [0.3, 0.4) is 0 Å². The number of nitrogens with two attached hydrogens (primary N) is 1. The van der Waals surface area contributed by atoms with Gasteiger partial charge in [-0.05, 0) is 42.8 Å². The second kappa shape index (κ2) is 3.95. The van der Waals surface area contributed by atoms with E-state index in [0.29, 0.717) is 11.1 Å². The first-order chi connectivity index (χ1) is 9.08. The van der Waals surface area contributed by atoms with Gasteiger partial charge in [-0.15, -0.1) is 0 Å². The number of aryl methyl sites for hydroxylation is 1. The molecule has 0 radical (unpaired) electrons. The minimum Gasteiger partial charge on any atom is -0.366 e. The molecule has 2 N–H and O–H groups in total. The Hall–Kier alpha value is -2.62. The van der Waals surface area contributed by atoms with Gasteiger partial charge in [0.05, 0.1) is 11.4 Å². The maximum atomic E-state index is 12.4. The topological polar surface area (TPSA) is 63.4 Å². The molecule has 4 rings (SSSR count). The molecule has 2 amide bonds. The fourth-order valence-corrected chi connectivity index (χ4v) is 2.21. The largest absolute Gasteiger partial charge is 0.366 e. The highest BCUT2D eigenvalue weighted by atomic mass is 16.2. The van der Waals surface area contributed by atoms with E-state index >= 15 is 0 Å². The second-order valence-corrected chi connectivity index (χ2v) is 4.56. The van der Waals surface area contributed by atoms with Crippen molar-refractivity contribution in [3.63, 3.8) is 0 Å². The number of hydrogen-bond acceptors (Lipinski definition) is 2. The lowest BCUT2D eigenvalue weighted by Gasteiger charge is -2.33. The molecule has 0 aliphatic carbocycles. The Balaban J connectivity index is 1.96. The van der Waals surface area contributed by atoms with Crippen LogP contribution in [0.4, 0.5) is 11.4 Å². The summed E-state index contributed by atoms with van der Waals surface area (Å²) in [6.45, 7) is 1.96. The smallest absolute Gasteiger partial charge is 0.262 e. The van der Waals surface area contributed by atoms with Crippen LogP contribution in [0.15, 0.2) is 42.5 Å². The lowest BCUT2D eigenvalue weighted by Crippen LogP contribution is -2.32. The van der Waals surface area contributed by atoms with Gasteiger partial charge in [0.2, 0.25) is 5.91 Å². The Morgan fingerprint density at radius 1 is 1.05 bits per heavy atom. The molecule has 19 heavy (non-hydrogen) atoms. The van der Waals surface area contributed by atoms with E-state index in [4.69, 9.17) is 5.73 Å². The molecule has 0 saturated carbocycles. The zero-order valence-corrected chi connectivity index (χ0v) is 10.4. The zero-order valence-electron chi connectivity index (χ0n) is 10.4. The van der Waals surface area contributed by atoms with Crippen LogP contribution in [0.1, 0.15) is 26.3 Å². The summed E-state index contributed by atoms with van der Waals surface area (Å²) in [6.07, 6.45) is 0. The molecule has 0 saturated heterocycles. The van der Waals surface area contributed by atoms with Gasteiger partial charge in [-0.1, -0.05) is 12.1 Å². The Labute approximate surface area is 110 Å². The van der Waals surface area contributed by atoms with Crippen LogP contribution in [0, 0.1) is 6.92 Å². The summed E-state index contributed by atoms with van der Waals surface area (Å²) in [5.74, 6) is -0.674. The minimum absolute atomic E-state index is 0.140. The number of carbonyl (C=O) groups is 2. The van der Waals surface area contributed by atoms with Gasteiger partial charge < -0.3 is 5.73 Å². The fourth-order valence-electron chi connectivity index (χ4n) is 2.21. The first-order valence-electron chi connectivity index (χ1n) is 5.93. The highest BCUT2D eigenvalue weighted by molar-refractivity contribution is 6.15. The van der Waals surface area contributed by atoms with Crippen molar-refractivity contribution < 1.29 is 9.59 Å². The van der Waals surface area contributed by atoms with Gasteiger partial charge in [0.25, 0.3) is 5.91 Å². The SMILES string of the molecule is Cc1ccc2cc1N2C(=O)c1cccc(C(N)=O)c1. The van der Waals surface area contributed by atoms with Gasteiger partial charge in [-0.25, -0.2) is 0 Å². The number of fused-ring (bicyclic) bond motifs is 2. The fraction of sp³-hybridized carbons (Fsp3) is 0.0667. The predicted molar refractivity (Wildman–Crippen MR) is 72.6 cm³/mol. The van der Waals surface area contributed by atoms with Crippen LogP contribution >= 0.6 is 0 Å². The molecule has 0 unspecified atom stereocenters. The molecule has 2 aromatic rings. The van der Waals surface area contributed by atoms with Gasteiger partial charge in [0, 0.05) is 11.1 Å². The molecule has 2 aliphatic rings. The minimum atomic E-state index is -0.534. The first-order valence-corrected chi connectivity index (χ1v) is 5.93. The lowest BCUT2D eigenvalue weighted by molar-refractivity contribution is 0.0996. The molecular weight excluding hydrogens is 240 g/mol. The Kier molecular flexibility index (Phi) is 2.38. The summed E-state index contributed by atoms with van der Waals surface area (Å²) in [5.41, 5.74) is 8.85. The molecule has 0 spiro atoms. The normalized spacial score (nSPS) is 11.9. The third kappa shape index (κ3) is 1.69. The van der Waals surface area contributed by atoms with Crippen molar-refractivity contribution in [1.82, 2.24) is 0 Å². The van der Waals surface area contributed by atoms with Crippen LogP contribution in [-0.4, -0.2) is 11.8 Å². The van der Waals surface area contributed by atoms with Crippen molar-refractivity contribution in [2.24, 2.45) is 5.73 Å². The molecule has 2 aliphatic heterocycles. The number of primary amides is 1. The third-order valence-corrected chi connectivity index (χ3v) is 3.29. The monoisotopic (exact) mass is 252 g/mol. The number of rotatable bonds is 2. The van der Waals surface area contributed by atoms with E-state index in [-0.39, 0.29) is 5.91 Å². The molecule has 2 heterocycles. The van der Waals surface area contributed by atoms with Crippen molar-refractivity contribution in [3.05, 3.63) is 59.2 Å². The number of hydrogen-bond donors (Lipinski definition) is 1. The van der Waals surface area contributed by atoms with Gasteiger partial charge in [-0.2, -0.15) is 0 Å². The van der Waals surface area contributed by atoms with Crippen LogP contribution < -0.4 is 10.6 Å². The molecule has 4 heteroatoms. The van der Waals surface area contributed by atoms with E-state index in [1.165, 1.54) is 6.07 Å². The summed E-state index contributed by atoms with van der Waals surface area (Å²) in [5, 5.41) is 0. The summed E-state index contributed by atoms with van der Waals surface area (Å²) in [7, 11) is 0. The average molecular weight is 252 g/mol. The lowest BCUT2D eigenvalue weighted by atomic mass is 10.0. The second-order valence-electron chi connectivity index (χ2n) is 4.56. The van der Waals surface area contributed by atoms with Crippen molar-refractivity contribution in [2.45, 2.75) is 6.92 Å². The van der Waals surface area contributed by atoms with Crippen molar-refractivity contribution in [3.8, 4) is 0 Å². The summed E-state index contributed by atoms with van der Waals surface area (Å²) >= 11 is 0. The zero-order chi connectivity index (χ0) is 13.6. The van der Waals surface area contributed by atoms with Crippen molar-refractivity contribution in [1.29, 1.82) is 0 Å². The van der Waals surface area contributed by atoms with E-state index in [1.807, 2.05) is 25.1 Å². The average Bonchev–Trinajstić information content (AvgIpc) is 2.38. The van der Waals surface area contributed by atoms with E-state index in [0.717, 1.165) is 16.9 Å². The van der Waals surface area contributed by atoms with Crippen molar-refractivity contribution >= 4 is 23.2 Å². The molecule has 2 aromatic carbocycles. The summed E-state index contributed by atoms with van der Waals surface area (Å²) in [4.78, 5) is 25.2. The van der Waals surface area contributed by atoms with Gasteiger partial charge >= 0.3 is 0 Å². The molecule has 0 fully saturated rings. The van der Waals surface area contributed by atoms with Gasteiger partial charge in [0.15, 0.2) is 0 Å². The Morgan fingerprint density at radius 2 is 1.79 bits per heavy atom. The van der Waals surface area contributed by atoms with Crippen LogP contribution in [0.2, 0.25) is 0 Å². The number of anilines is 2. The molecule has 4 nitrogen and oxygen atoms in total. The highest BCUT2D eigenvalue weighted by Gasteiger charge is 2.28. The highest BCUT2D eigenvalue weighted by Crippen LogP contribution is 2.41. The molecule has 2 bridgehead atoms. The number of benzene rings is 2. The summed E-state index contributed by atoms with van der Waals surface area (Å²) in [6, 6.07) is 12.3. The van der Waals surface area contributed by atoms with Gasteiger partial charge in [0.1, 0.15) is 0 Å². The predicted octanol–water partition coefficient (Wildman–Crippen LogP) is 2.39. The third-order valence-electron chi connectivity index (χ3n) is 3.29. The maximum absolute atomic E-state index is 12.4. The van der Waals surface area contributed by atoms with E-state index < -0.39 is 5.91 Å². The molecule has 0 aromatic heterocycles. The standard InChI is InChI=1S/C15H12N2O2/c1-9-5-6-12-8-13(9)17(12)15(19)11-4-2-3-10(7-11)14(16)18/h2-8H,1H3,(H2,16,18). The van der Waals surface area contributed by atoms with E-state index in [1.54, 1.807) is 23.1 Å². The van der Waals surface area contributed by atoms with Crippen LogP contribution in [0.25, 0.3) is 0 Å². The first kappa shape index (κ1) is 11.5. The van der Waals surface area contributed by atoms with Gasteiger partial charge in [-0.3, -0.25) is 14.5 Å². The quantitative estimate of drug-likeness (QED) is 0.891. The number of carbonyl (C=O) groups excluding carboxylic acids is 2. The molecular formula is C15H12N2O2. The number of nitrogens with zero attached hydrogens (tertiary/aromatic N) is 1. The van der Waals surface area contributed by atoms with E-state index in [2.05, 4.69) is 0 Å². The molecule has 0 atom stereocenters. The van der Waals surface area contributed by atoms with Crippen molar-refractivity contribution in [2.75, 3.05) is 4.90 Å². The Morgan fingerprint density at radius 3 is 2.42 bits per heavy atom. The summed E-state index contributed by atoms with van der Waals surface area (Å²) < 4.78 is 0. The maximum Gasteiger partial charge on any atom is 0.262 e.